The van der Waals surface area contributed by atoms with Gasteiger partial charge in [-0.15, -0.1) is 0 Å². The summed E-state index contributed by atoms with van der Waals surface area (Å²) < 4.78 is 10.3. The molecular weight excluding hydrogens is 243 g/mol. The van der Waals surface area contributed by atoms with Crippen molar-refractivity contribution < 1.29 is 7.80 Å². The lowest BCUT2D eigenvalue weighted by atomic mass is 10.3. The van der Waals surface area contributed by atoms with E-state index < -0.39 is 0 Å². The van der Waals surface area contributed by atoms with Crippen LogP contribution in [0.5, 0.6) is 0 Å². The zero-order valence-electron chi connectivity index (χ0n) is 6.60. The zero-order chi connectivity index (χ0) is 7.82. The van der Waals surface area contributed by atoms with E-state index in [1.54, 1.807) is 0 Å². The third-order valence-corrected chi connectivity index (χ3v) is 1.78. The molecule has 0 N–H and O–H groups in total. The van der Waals surface area contributed by atoms with Crippen LogP contribution in [0.25, 0.3) is 0 Å². The summed E-state index contributed by atoms with van der Waals surface area (Å²) in [7, 11) is 0. The maximum atomic E-state index is 5.41. The summed E-state index contributed by atoms with van der Waals surface area (Å²) in [5, 5.41) is 0. The lowest BCUT2D eigenvalue weighted by Crippen LogP contribution is -2.08. The molecule has 0 spiro atoms. The first-order valence-corrected chi connectivity index (χ1v) is 4.54. The summed E-state index contributed by atoms with van der Waals surface area (Å²) in [4.78, 5) is 0. The fourth-order valence-electron chi connectivity index (χ4n) is 0.516. The molecule has 62 valence electrons. The van der Waals surface area contributed by atoms with Crippen molar-refractivity contribution in [2.24, 2.45) is 0 Å². The molecule has 1 atom stereocenters. The lowest BCUT2D eigenvalue weighted by molar-refractivity contribution is 0.0578. The summed E-state index contributed by atoms with van der Waals surface area (Å²) in [6.45, 7) is 5.82. The molecule has 10 heavy (non-hydrogen) atoms. The minimum atomic E-state index is 0.397. The quantitative estimate of drug-likeness (QED) is 0.538. The van der Waals surface area contributed by atoms with Gasteiger partial charge in [0.05, 0.1) is 12.7 Å². The molecule has 2 nitrogen and oxygen atoms in total. The van der Waals surface area contributed by atoms with Crippen LogP contribution in [0.2, 0.25) is 0 Å². The second kappa shape index (κ2) is 7.75. The monoisotopic (exact) mass is 258 g/mol. The SMILES string of the molecule is CCC(C)OCCCOI. The number of halogens is 1. The fourth-order valence-corrected chi connectivity index (χ4v) is 0.827. The number of rotatable bonds is 6. The van der Waals surface area contributed by atoms with Crippen LogP contribution in [0.1, 0.15) is 26.7 Å². The topological polar surface area (TPSA) is 18.5 Å². The Balaban J connectivity index is 2.89. The Morgan fingerprint density at radius 1 is 1.40 bits per heavy atom. The van der Waals surface area contributed by atoms with Gasteiger partial charge in [-0.1, -0.05) is 6.92 Å². The predicted octanol–water partition coefficient (Wildman–Crippen LogP) is 2.56. The van der Waals surface area contributed by atoms with Gasteiger partial charge >= 0.3 is 0 Å². The highest BCUT2D eigenvalue weighted by atomic mass is 127. The van der Waals surface area contributed by atoms with E-state index in [2.05, 4.69) is 13.8 Å². The molecule has 0 bridgehead atoms. The van der Waals surface area contributed by atoms with E-state index in [0.29, 0.717) is 6.10 Å². The Bertz CT molecular complexity index is 68.6. The van der Waals surface area contributed by atoms with Gasteiger partial charge in [-0.05, 0) is 19.8 Å². The van der Waals surface area contributed by atoms with Crippen molar-refractivity contribution in [3.63, 3.8) is 0 Å². The van der Waals surface area contributed by atoms with Crippen molar-refractivity contribution in [3.05, 3.63) is 0 Å². The molecule has 0 aromatic heterocycles. The van der Waals surface area contributed by atoms with Gasteiger partial charge in [0, 0.05) is 6.61 Å². The Labute approximate surface area is 77.0 Å². The van der Waals surface area contributed by atoms with Crippen LogP contribution in [0.15, 0.2) is 0 Å². The highest BCUT2D eigenvalue weighted by Crippen LogP contribution is 1.97. The largest absolute Gasteiger partial charge is 0.378 e. The van der Waals surface area contributed by atoms with E-state index in [-0.39, 0.29) is 0 Å². The molecule has 0 radical (unpaired) electrons. The highest BCUT2D eigenvalue weighted by Gasteiger charge is 1.96. The van der Waals surface area contributed by atoms with E-state index in [1.807, 2.05) is 23.0 Å². The van der Waals surface area contributed by atoms with Crippen LogP contribution in [0.4, 0.5) is 0 Å². The average Bonchev–Trinajstić information content (AvgIpc) is 1.98. The minimum absolute atomic E-state index is 0.397. The van der Waals surface area contributed by atoms with Gasteiger partial charge in [-0.25, -0.2) is 0 Å². The van der Waals surface area contributed by atoms with Gasteiger partial charge in [0.2, 0.25) is 0 Å². The minimum Gasteiger partial charge on any atom is -0.378 e. The van der Waals surface area contributed by atoms with Crippen molar-refractivity contribution in [1.29, 1.82) is 0 Å². The van der Waals surface area contributed by atoms with Crippen molar-refractivity contribution in [3.8, 4) is 0 Å². The molecule has 0 aromatic rings. The summed E-state index contributed by atoms with van der Waals surface area (Å²) >= 11 is 1.90. The van der Waals surface area contributed by atoms with E-state index in [4.69, 9.17) is 7.80 Å². The van der Waals surface area contributed by atoms with Crippen molar-refractivity contribution >= 4 is 23.0 Å². The Morgan fingerprint density at radius 3 is 2.60 bits per heavy atom. The molecular formula is C7H15IO2. The molecule has 0 aromatic carbocycles. The highest BCUT2D eigenvalue weighted by molar-refractivity contribution is 14.1. The molecule has 0 heterocycles. The van der Waals surface area contributed by atoms with Gasteiger partial charge in [-0.3, -0.25) is 0 Å². The molecule has 3 heteroatoms. The second-order valence-corrected chi connectivity index (χ2v) is 2.88. The first-order valence-electron chi connectivity index (χ1n) is 3.66. The van der Waals surface area contributed by atoms with Crippen LogP contribution in [0, 0.1) is 0 Å². The number of hydrogen-bond donors (Lipinski definition) is 0. The van der Waals surface area contributed by atoms with Crippen LogP contribution in [0.3, 0.4) is 0 Å². The molecule has 0 saturated carbocycles. The molecule has 0 saturated heterocycles. The van der Waals surface area contributed by atoms with Crippen molar-refractivity contribution in [2.75, 3.05) is 13.2 Å². The molecule has 0 fully saturated rings. The number of hydrogen-bond acceptors (Lipinski definition) is 2. The maximum Gasteiger partial charge on any atom is 0.109 e. The molecule has 0 aliphatic carbocycles. The molecule has 0 aliphatic heterocycles. The predicted molar refractivity (Wildman–Crippen MR) is 50.3 cm³/mol. The van der Waals surface area contributed by atoms with Crippen LogP contribution in [-0.2, 0) is 7.80 Å². The van der Waals surface area contributed by atoms with Crippen molar-refractivity contribution in [2.45, 2.75) is 32.8 Å². The Kier molecular flexibility index (Phi) is 8.26. The first-order chi connectivity index (χ1) is 4.81. The molecule has 1 unspecified atom stereocenters. The van der Waals surface area contributed by atoms with E-state index in [9.17, 15) is 0 Å². The van der Waals surface area contributed by atoms with E-state index in [0.717, 1.165) is 26.1 Å². The van der Waals surface area contributed by atoms with E-state index in [1.165, 1.54) is 0 Å². The fraction of sp³-hybridized carbons (Fsp3) is 1.00. The zero-order valence-corrected chi connectivity index (χ0v) is 8.76. The lowest BCUT2D eigenvalue weighted by Gasteiger charge is -2.08. The normalized spacial score (nSPS) is 13.5. The van der Waals surface area contributed by atoms with Gasteiger partial charge in [0.15, 0.2) is 0 Å². The molecule has 0 rings (SSSR count). The summed E-state index contributed by atoms with van der Waals surface area (Å²) in [5.74, 6) is 0. The smallest absolute Gasteiger partial charge is 0.109 e. The second-order valence-electron chi connectivity index (χ2n) is 2.26. The average molecular weight is 258 g/mol. The van der Waals surface area contributed by atoms with E-state index >= 15 is 0 Å². The van der Waals surface area contributed by atoms with Gasteiger partial charge in [0.1, 0.15) is 23.0 Å². The maximum absolute atomic E-state index is 5.41. The van der Waals surface area contributed by atoms with Crippen LogP contribution < -0.4 is 0 Å². The summed E-state index contributed by atoms with van der Waals surface area (Å²) in [5.41, 5.74) is 0. The third-order valence-electron chi connectivity index (χ3n) is 1.34. The first kappa shape index (κ1) is 10.7. The summed E-state index contributed by atoms with van der Waals surface area (Å²) in [6, 6.07) is 0. The Hall–Kier alpha value is 0.650. The number of ether oxygens (including phenoxy) is 1. The van der Waals surface area contributed by atoms with Crippen LogP contribution in [-0.4, -0.2) is 19.3 Å². The van der Waals surface area contributed by atoms with Crippen molar-refractivity contribution in [1.82, 2.24) is 0 Å². The van der Waals surface area contributed by atoms with Gasteiger partial charge in [-0.2, -0.15) is 0 Å². The van der Waals surface area contributed by atoms with Gasteiger partial charge < -0.3 is 7.80 Å². The Morgan fingerprint density at radius 2 is 2.10 bits per heavy atom. The molecule has 0 aliphatic rings. The summed E-state index contributed by atoms with van der Waals surface area (Å²) in [6.07, 6.45) is 2.48. The third kappa shape index (κ3) is 6.77. The standard InChI is InChI=1S/C7H15IO2/c1-3-7(2)9-5-4-6-10-8/h7H,3-6H2,1-2H3. The van der Waals surface area contributed by atoms with Crippen LogP contribution >= 0.6 is 23.0 Å². The molecule has 0 amide bonds. The van der Waals surface area contributed by atoms with Gasteiger partial charge in [0.25, 0.3) is 0 Å².